The van der Waals surface area contributed by atoms with Gasteiger partial charge in [0.25, 0.3) is 0 Å². The second-order valence-corrected chi connectivity index (χ2v) is 12.0. The highest BCUT2D eigenvalue weighted by atomic mass is 32.3. The molecule has 14 atom stereocenters. The molecule has 2 rings (SSSR count). The summed E-state index contributed by atoms with van der Waals surface area (Å²) in [6.45, 7) is -0.558. The smallest absolute Gasteiger partial charge is 0.394 e. The van der Waals surface area contributed by atoms with Gasteiger partial charge >= 0.3 is 10.4 Å². The zero-order valence-corrected chi connectivity index (χ0v) is 26.2. The molecule has 2 saturated heterocycles. The molecule has 0 aromatic heterocycles. The second kappa shape index (κ2) is 18.0. The van der Waals surface area contributed by atoms with Crippen molar-refractivity contribution in [1.29, 1.82) is 0 Å². The molecule has 0 radical (unpaired) electrons. The van der Waals surface area contributed by atoms with Gasteiger partial charge in [0.05, 0.1) is 32.5 Å². The average Bonchev–Trinajstić information content (AvgIpc) is 2.98. The standard InChI is InChI=1S/C24H43N3O19S/c1-8(30)25-11(4-28)22(46-24-16(27-10(3)32)21(38)18(35)13(5-29)44-24)17(34)12(33)6-42-23-15(26-9(2)31)20(37)19(36)14(45-23)7-43-47(39,40)41/h11-24,28-29,33-38H,4-7H2,1-3H3,(H,25,30)(H,26,31)(H,27,32)(H,39,40,41)/t11-,12+,13+,14+,15+,16+,17-,18+,19+,20+,21+,22+,23+,24-/m0/s1. The Morgan fingerprint density at radius 1 is 0.809 bits per heavy atom. The summed E-state index contributed by atoms with van der Waals surface area (Å²) < 4.78 is 57.1. The van der Waals surface area contributed by atoms with Crippen molar-refractivity contribution >= 4 is 28.1 Å². The van der Waals surface area contributed by atoms with Crippen molar-refractivity contribution in [3.63, 3.8) is 0 Å². The summed E-state index contributed by atoms with van der Waals surface area (Å²) in [4.78, 5) is 35.4. The second-order valence-electron chi connectivity index (χ2n) is 10.9. The van der Waals surface area contributed by atoms with Crippen LogP contribution < -0.4 is 16.0 Å². The van der Waals surface area contributed by atoms with Gasteiger partial charge in [-0.2, -0.15) is 8.42 Å². The van der Waals surface area contributed by atoms with Crippen LogP contribution >= 0.6 is 0 Å². The fourth-order valence-corrected chi connectivity index (χ4v) is 5.22. The number of carbonyl (C=O) groups excluding carboxylic acids is 3. The molecule has 3 amide bonds. The van der Waals surface area contributed by atoms with Crippen LogP contribution in [0.2, 0.25) is 0 Å². The fraction of sp³-hybridized carbons (Fsp3) is 0.875. The topological polar surface area (TPSA) is 350 Å². The van der Waals surface area contributed by atoms with Crippen molar-refractivity contribution in [2.45, 2.75) is 106 Å². The molecule has 0 aliphatic carbocycles. The summed E-state index contributed by atoms with van der Waals surface area (Å²) in [5.74, 6) is -2.20. The summed E-state index contributed by atoms with van der Waals surface area (Å²) in [6, 6.07) is -4.58. The molecular weight excluding hydrogens is 666 g/mol. The lowest BCUT2D eigenvalue weighted by molar-refractivity contribution is -0.299. The van der Waals surface area contributed by atoms with Crippen LogP contribution in [0.4, 0.5) is 0 Å². The molecular formula is C24H43N3O19S. The number of rotatable bonds is 16. The van der Waals surface area contributed by atoms with E-state index in [1.54, 1.807) is 0 Å². The number of ether oxygens (including phenoxy) is 4. The fourth-order valence-electron chi connectivity index (χ4n) is 4.91. The number of aliphatic hydroxyl groups excluding tert-OH is 8. The number of nitrogens with one attached hydrogen (secondary N) is 3. The molecule has 0 bridgehead atoms. The average molecular weight is 710 g/mol. The summed E-state index contributed by atoms with van der Waals surface area (Å²) >= 11 is 0. The molecule has 0 spiro atoms. The Hall–Kier alpha value is -2.20. The summed E-state index contributed by atoms with van der Waals surface area (Å²) in [5, 5.41) is 90.3. The third-order valence-corrected chi connectivity index (χ3v) is 7.57. The van der Waals surface area contributed by atoms with Crippen LogP contribution in [0.1, 0.15) is 20.8 Å². The lowest BCUT2D eigenvalue weighted by Crippen LogP contribution is -2.67. The first-order valence-electron chi connectivity index (χ1n) is 14.1. The molecule has 2 fully saturated rings. The minimum absolute atomic E-state index is 0.721. The molecule has 12 N–H and O–H groups in total. The highest BCUT2D eigenvalue weighted by Crippen LogP contribution is 2.27. The van der Waals surface area contributed by atoms with Crippen LogP contribution in [0.25, 0.3) is 0 Å². The third-order valence-electron chi connectivity index (χ3n) is 7.14. The number of aliphatic hydroxyl groups is 8. The van der Waals surface area contributed by atoms with Gasteiger partial charge in [-0.25, -0.2) is 4.18 Å². The van der Waals surface area contributed by atoms with E-state index in [0.29, 0.717) is 0 Å². The van der Waals surface area contributed by atoms with Gasteiger partial charge in [-0.05, 0) is 0 Å². The highest BCUT2D eigenvalue weighted by molar-refractivity contribution is 7.80. The van der Waals surface area contributed by atoms with E-state index in [4.69, 9.17) is 23.5 Å². The molecule has 23 heteroatoms. The number of hydrogen-bond acceptors (Lipinski definition) is 18. The Kier molecular flexibility index (Phi) is 15.7. The van der Waals surface area contributed by atoms with Gasteiger partial charge in [0.1, 0.15) is 67.0 Å². The SMILES string of the molecule is CC(=O)N[C@H]1[C@H](OC[C@@H](O)[C@H](O)[C@H](O[C@@H]2O[C@H](CO)[C@@H](O)[C@H](O)[C@H]2NC(C)=O)[C@H](CO)NC(C)=O)O[C@H](COS(=O)(=O)O)[C@@H](O)[C@@H]1O. The Morgan fingerprint density at radius 2 is 1.32 bits per heavy atom. The van der Waals surface area contributed by atoms with E-state index < -0.39 is 140 Å². The van der Waals surface area contributed by atoms with Crippen LogP contribution in [-0.2, 0) is 47.9 Å². The van der Waals surface area contributed by atoms with Gasteiger partial charge in [-0.1, -0.05) is 0 Å². The molecule has 0 unspecified atom stereocenters. The van der Waals surface area contributed by atoms with E-state index in [2.05, 4.69) is 20.1 Å². The maximum Gasteiger partial charge on any atom is 0.397 e. The number of hydrogen-bond donors (Lipinski definition) is 12. The van der Waals surface area contributed by atoms with Crippen molar-refractivity contribution < 1.29 is 91.3 Å². The van der Waals surface area contributed by atoms with Gasteiger partial charge in [-0.3, -0.25) is 18.9 Å². The van der Waals surface area contributed by atoms with E-state index in [1.807, 2.05) is 0 Å². The molecule has 0 saturated carbocycles. The van der Waals surface area contributed by atoms with Crippen molar-refractivity contribution in [3.8, 4) is 0 Å². The van der Waals surface area contributed by atoms with Gasteiger partial charge in [0.2, 0.25) is 17.7 Å². The molecule has 274 valence electrons. The van der Waals surface area contributed by atoms with E-state index in [-0.39, 0.29) is 0 Å². The molecule has 0 aromatic rings. The Morgan fingerprint density at radius 3 is 1.79 bits per heavy atom. The number of amides is 3. The minimum Gasteiger partial charge on any atom is -0.394 e. The summed E-state index contributed by atoms with van der Waals surface area (Å²) in [6.07, 6.45) is -19.9. The largest absolute Gasteiger partial charge is 0.397 e. The first kappa shape index (κ1) is 41.0. The van der Waals surface area contributed by atoms with Gasteiger partial charge in [0.15, 0.2) is 12.6 Å². The van der Waals surface area contributed by atoms with Crippen molar-refractivity contribution in [3.05, 3.63) is 0 Å². The van der Waals surface area contributed by atoms with Crippen LogP contribution in [0.3, 0.4) is 0 Å². The lowest BCUT2D eigenvalue weighted by Gasteiger charge is -2.45. The maximum atomic E-state index is 11.9. The Labute approximate surface area is 268 Å². The predicted molar refractivity (Wildman–Crippen MR) is 149 cm³/mol. The molecule has 22 nitrogen and oxygen atoms in total. The Balaban J connectivity index is 2.34. The van der Waals surface area contributed by atoms with E-state index >= 15 is 0 Å². The summed E-state index contributed by atoms with van der Waals surface area (Å²) in [5.41, 5.74) is 0. The molecule has 2 heterocycles. The monoisotopic (exact) mass is 709 g/mol. The van der Waals surface area contributed by atoms with Gasteiger partial charge in [0, 0.05) is 20.8 Å². The van der Waals surface area contributed by atoms with Crippen LogP contribution in [0.5, 0.6) is 0 Å². The normalized spacial score (nSPS) is 34.0. The quantitative estimate of drug-likeness (QED) is 0.0662. The van der Waals surface area contributed by atoms with E-state index in [0.717, 1.165) is 20.8 Å². The van der Waals surface area contributed by atoms with Gasteiger partial charge in [-0.15, -0.1) is 0 Å². The minimum atomic E-state index is -5.01. The van der Waals surface area contributed by atoms with Gasteiger partial charge < -0.3 is 75.8 Å². The summed E-state index contributed by atoms with van der Waals surface area (Å²) in [7, 11) is -5.01. The van der Waals surface area contributed by atoms with Crippen molar-refractivity contribution in [1.82, 2.24) is 16.0 Å². The van der Waals surface area contributed by atoms with Crippen LogP contribution in [-0.4, -0.2) is 184 Å². The molecule has 0 aromatic carbocycles. The van der Waals surface area contributed by atoms with Crippen molar-refractivity contribution in [2.24, 2.45) is 0 Å². The lowest BCUT2D eigenvalue weighted by atomic mass is 9.96. The molecule has 2 aliphatic rings. The van der Waals surface area contributed by atoms with Crippen LogP contribution in [0, 0.1) is 0 Å². The van der Waals surface area contributed by atoms with Crippen LogP contribution in [0.15, 0.2) is 0 Å². The van der Waals surface area contributed by atoms with E-state index in [9.17, 15) is 63.7 Å². The van der Waals surface area contributed by atoms with Crippen molar-refractivity contribution in [2.75, 3.05) is 26.4 Å². The predicted octanol–water partition coefficient (Wildman–Crippen LogP) is -7.68. The molecule has 2 aliphatic heterocycles. The highest BCUT2D eigenvalue weighted by Gasteiger charge is 2.49. The third kappa shape index (κ3) is 11.7. The Bertz CT molecular complexity index is 1150. The number of carbonyl (C=O) groups is 3. The molecule has 47 heavy (non-hydrogen) atoms. The first-order chi connectivity index (χ1) is 21.8. The zero-order chi connectivity index (χ0) is 35.8. The van der Waals surface area contributed by atoms with E-state index in [1.165, 1.54) is 0 Å². The maximum absolute atomic E-state index is 11.9. The first-order valence-corrected chi connectivity index (χ1v) is 15.5. The zero-order valence-electron chi connectivity index (χ0n) is 25.4.